The molecular weight excluding hydrogens is 206 g/mol. The molecule has 92 valence electrons. The third-order valence-electron chi connectivity index (χ3n) is 3.39. The Hall–Kier alpha value is -1.10. The van der Waals surface area contributed by atoms with Gasteiger partial charge in [0.15, 0.2) is 6.04 Å². The van der Waals surface area contributed by atoms with E-state index in [2.05, 4.69) is 17.6 Å². The molecule has 5 nitrogen and oxygen atoms in total. The number of piperidine rings is 1. The van der Waals surface area contributed by atoms with E-state index in [9.17, 15) is 9.59 Å². The Kier molecular flexibility index (Phi) is 4.73. The first-order chi connectivity index (χ1) is 7.54. The topological polar surface area (TPSA) is 62.6 Å². The van der Waals surface area contributed by atoms with Gasteiger partial charge in [-0.05, 0) is 25.7 Å². The van der Waals surface area contributed by atoms with Gasteiger partial charge in [-0.3, -0.25) is 10.1 Å². The Labute approximate surface area is 96.6 Å². The summed E-state index contributed by atoms with van der Waals surface area (Å²) in [4.78, 5) is 24.0. The molecule has 0 bridgehead atoms. The van der Waals surface area contributed by atoms with Crippen LogP contribution >= 0.6 is 0 Å². The van der Waals surface area contributed by atoms with Gasteiger partial charge in [-0.25, -0.2) is 4.79 Å². The Bertz CT molecular complexity index is 260. The van der Waals surface area contributed by atoms with Crippen LogP contribution in [0, 0.1) is 5.92 Å². The lowest BCUT2D eigenvalue weighted by molar-refractivity contribution is -0.920. The lowest BCUT2D eigenvalue weighted by atomic mass is 9.98. The number of hydrogen-bond acceptors (Lipinski definition) is 2. The molecule has 0 aromatic carbocycles. The summed E-state index contributed by atoms with van der Waals surface area (Å²) < 4.78 is 0. The van der Waals surface area contributed by atoms with Crippen LogP contribution in [0.1, 0.15) is 26.7 Å². The zero-order valence-electron chi connectivity index (χ0n) is 10.3. The SMILES string of the molecule is CNC(=O)NC(=O)[C@H](C)[NH+]1CCC(C)CC1. The van der Waals surface area contributed by atoms with Crippen LogP contribution in [-0.2, 0) is 4.79 Å². The maximum absolute atomic E-state index is 11.7. The molecule has 0 aromatic heterocycles. The summed E-state index contributed by atoms with van der Waals surface area (Å²) >= 11 is 0. The van der Waals surface area contributed by atoms with Gasteiger partial charge in [-0.15, -0.1) is 0 Å². The Morgan fingerprint density at radius 1 is 1.31 bits per heavy atom. The van der Waals surface area contributed by atoms with Gasteiger partial charge in [0.05, 0.1) is 13.1 Å². The molecule has 1 aliphatic heterocycles. The molecule has 0 unspecified atom stereocenters. The number of hydrogen-bond donors (Lipinski definition) is 3. The van der Waals surface area contributed by atoms with Gasteiger partial charge < -0.3 is 10.2 Å². The average Bonchev–Trinajstić information content (AvgIpc) is 2.28. The first-order valence-corrected chi connectivity index (χ1v) is 5.91. The van der Waals surface area contributed by atoms with E-state index in [1.54, 1.807) is 0 Å². The van der Waals surface area contributed by atoms with Crippen molar-refractivity contribution in [3.8, 4) is 0 Å². The van der Waals surface area contributed by atoms with Crippen LogP contribution in [-0.4, -0.2) is 38.1 Å². The lowest BCUT2D eigenvalue weighted by Gasteiger charge is -2.30. The van der Waals surface area contributed by atoms with E-state index < -0.39 is 6.03 Å². The number of rotatable bonds is 2. The third kappa shape index (κ3) is 3.48. The van der Waals surface area contributed by atoms with Crippen molar-refractivity contribution in [1.82, 2.24) is 10.6 Å². The van der Waals surface area contributed by atoms with Gasteiger partial charge >= 0.3 is 6.03 Å². The molecule has 1 heterocycles. The number of carbonyl (C=O) groups is 2. The molecule has 1 atom stereocenters. The molecule has 0 radical (unpaired) electrons. The van der Waals surface area contributed by atoms with Crippen molar-refractivity contribution in [1.29, 1.82) is 0 Å². The van der Waals surface area contributed by atoms with E-state index >= 15 is 0 Å². The quantitative estimate of drug-likeness (QED) is 0.576. The van der Waals surface area contributed by atoms with Crippen LogP contribution in [0.25, 0.3) is 0 Å². The molecule has 3 N–H and O–H groups in total. The van der Waals surface area contributed by atoms with Crippen molar-refractivity contribution in [2.24, 2.45) is 5.92 Å². The highest BCUT2D eigenvalue weighted by atomic mass is 16.2. The molecule has 0 saturated carbocycles. The van der Waals surface area contributed by atoms with Crippen molar-refractivity contribution in [2.75, 3.05) is 20.1 Å². The van der Waals surface area contributed by atoms with Crippen LogP contribution in [0.4, 0.5) is 4.79 Å². The molecular formula is C11H22N3O2+. The molecule has 1 rings (SSSR count). The minimum Gasteiger partial charge on any atom is -0.341 e. The Balaban J connectivity index is 2.41. The normalized spacial score (nSPS) is 26.9. The fourth-order valence-electron chi connectivity index (χ4n) is 2.03. The van der Waals surface area contributed by atoms with Crippen LogP contribution in [0.3, 0.4) is 0 Å². The number of quaternary nitrogens is 1. The molecule has 1 fully saturated rings. The minimum atomic E-state index is -0.429. The number of nitrogens with one attached hydrogen (secondary N) is 3. The zero-order chi connectivity index (χ0) is 12.1. The van der Waals surface area contributed by atoms with Crippen LogP contribution < -0.4 is 15.5 Å². The number of likely N-dealkylation sites (tertiary alicyclic amines) is 1. The third-order valence-corrected chi connectivity index (χ3v) is 3.39. The number of imide groups is 1. The first-order valence-electron chi connectivity index (χ1n) is 5.91. The standard InChI is InChI=1S/C11H21N3O2/c1-8-4-6-14(7-5-8)9(2)10(15)13-11(16)12-3/h8-9H,4-7H2,1-3H3,(H2,12,13,15,16)/p+1/t9-/m0/s1. The molecule has 1 aliphatic rings. The van der Waals surface area contributed by atoms with E-state index in [-0.39, 0.29) is 11.9 Å². The zero-order valence-corrected chi connectivity index (χ0v) is 10.3. The van der Waals surface area contributed by atoms with Gasteiger partial charge in [0.2, 0.25) is 0 Å². The number of amides is 3. The Morgan fingerprint density at radius 3 is 2.38 bits per heavy atom. The maximum Gasteiger partial charge on any atom is 0.321 e. The van der Waals surface area contributed by atoms with E-state index in [0.29, 0.717) is 0 Å². The summed E-state index contributed by atoms with van der Waals surface area (Å²) in [5, 5.41) is 4.71. The number of carbonyl (C=O) groups excluding carboxylic acids is 2. The highest BCUT2D eigenvalue weighted by Gasteiger charge is 2.29. The summed E-state index contributed by atoms with van der Waals surface area (Å²) in [5.41, 5.74) is 0. The van der Waals surface area contributed by atoms with Crippen molar-refractivity contribution in [3.05, 3.63) is 0 Å². The molecule has 0 aliphatic carbocycles. The molecule has 0 spiro atoms. The fourth-order valence-corrected chi connectivity index (χ4v) is 2.03. The average molecular weight is 228 g/mol. The second-order valence-corrected chi connectivity index (χ2v) is 4.63. The van der Waals surface area contributed by atoms with Gasteiger partial charge in [0, 0.05) is 7.05 Å². The van der Waals surface area contributed by atoms with Crippen LogP contribution in [0.2, 0.25) is 0 Å². The van der Waals surface area contributed by atoms with E-state index in [0.717, 1.165) is 31.8 Å². The highest BCUT2D eigenvalue weighted by molar-refractivity contribution is 5.96. The lowest BCUT2D eigenvalue weighted by Crippen LogP contribution is -3.17. The number of urea groups is 1. The van der Waals surface area contributed by atoms with Gasteiger partial charge in [0.25, 0.3) is 5.91 Å². The van der Waals surface area contributed by atoms with Crippen LogP contribution in [0.5, 0.6) is 0 Å². The summed E-state index contributed by atoms with van der Waals surface area (Å²) in [6.07, 6.45) is 2.32. The minimum absolute atomic E-state index is 0.148. The van der Waals surface area contributed by atoms with E-state index in [1.807, 2.05) is 6.92 Å². The van der Waals surface area contributed by atoms with Crippen molar-refractivity contribution in [3.63, 3.8) is 0 Å². The van der Waals surface area contributed by atoms with Crippen molar-refractivity contribution < 1.29 is 14.5 Å². The maximum atomic E-state index is 11.7. The second kappa shape index (κ2) is 5.84. The predicted octanol–water partition coefficient (Wildman–Crippen LogP) is -0.855. The van der Waals surface area contributed by atoms with Gasteiger partial charge in [0.1, 0.15) is 0 Å². The van der Waals surface area contributed by atoms with Crippen molar-refractivity contribution in [2.45, 2.75) is 32.7 Å². The first kappa shape index (κ1) is 13.0. The van der Waals surface area contributed by atoms with E-state index in [1.165, 1.54) is 11.9 Å². The molecule has 1 saturated heterocycles. The van der Waals surface area contributed by atoms with Gasteiger partial charge in [-0.1, -0.05) is 6.92 Å². The molecule has 16 heavy (non-hydrogen) atoms. The molecule has 5 heteroatoms. The van der Waals surface area contributed by atoms with Crippen molar-refractivity contribution >= 4 is 11.9 Å². The summed E-state index contributed by atoms with van der Waals surface area (Å²) in [6.45, 7) is 6.16. The largest absolute Gasteiger partial charge is 0.341 e. The smallest absolute Gasteiger partial charge is 0.321 e. The Morgan fingerprint density at radius 2 is 1.88 bits per heavy atom. The molecule has 3 amide bonds. The summed E-state index contributed by atoms with van der Waals surface area (Å²) in [6, 6.07) is -0.577. The fraction of sp³-hybridized carbons (Fsp3) is 0.818. The van der Waals surface area contributed by atoms with Crippen LogP contribution in [0.15, 0.2) is 0 Å². The van der Waals surface area contributed by atoms with Gasteiger partial charge in [-0.2, -0.15) is 0 Å². The summed E-state index contributed by atoms with van der Waals surface area (Å²) in [7, 11) is 1.50. The summed E-state index contributed by atoms with van der Waals surface area (Å²) in [5.74, 6) is 0.571. The molecule has 0 aromatic rings. The van der Waals surface area contributed by atoms with E-state index in [4.69, 9.17) is 0 Å². The second-order valence-electron chi connectivity index (χ2n) is 4.63. The predicted molar refractivity (Wildman–Crippen MR) is 61.2 cm³/mol. The monoisotopic (exact) mass is 228 g/mol. The highest BCUT2D eigenvalue weighted by Crippen LogP contribution is 2.07.